The number of carbonyl (C=O) groups is 1. The number of hydrogen-bond donors (Lipinski definition) is 1. The summed E-state index contributed by atoms with van der Waals surface area (Å²) in [6.07, 6.45) is 0. The molecule has 6 nitrogen and oxygen atoms in total. The third-order valence-corrected chi connectivity index (χ3v) is 2.52. The van der Waals surface area contributed by atoms with Gasteiger partial charge in [-0.05, 0) is 0 Å². The molecule has 0 heterocycles. The van der Waals surface area contributed by atoms with Gasteiger partial charge in [-0.15, -0.1) is 0 Å². The maximum Gasteiger partial charge on any atom is 0.217 e. The van der Waals surface area contributed by atoms with E-state index in [0.29, 0.717) is 46.2 Å². The molecular weight excluding hydrogens is 468 g/mol. The Morgan fingerprint density at radius 3 is 1.72 bits per heavy atom. The molecule has 0 aromatic heterocycles. The Morgan fingerprint density at radius 2 is 1.28 bits per heavy atom. The van der Waals surface area contributed by atoms with Gasteiger partial charge in [-0.3, -0.25) is 8.32 Å². The van der Waals surface area contributed by atoms with Crippen LogP contribution in [-0.4, -0.2) is 63.2 Å². The summed E-state index contributed by atoms with van der Waals surface area (Å²) in [6, 6.07) is 0. The maximum atomic E-state index is 10.5. The first-order valence-electron chi connectivity index (χ1n) is 5.60. The molecule has 0 bridgehead atoms. The Bertz CT molecular complexity index is 197. The van der Waals surface area contributed by atoms with Crippen LogP contribution in [0.1, 0.15) is 0 Å². The fourth-order valence-electron chi connectivity index (χ4n) is 0.923. The van der Waals surface area contributed by atoms with E-state index in [1.807, 2.05) is 0 Å². The minimum absolute atomic E-state index is 0.00583. The molecule has 0 radical (unpaired) electrons. The molecule has 0 rings (SSSR count). The largest absolute Gasteiger partial charge is 0.378 e. The van der Waals surface area contributed by atoms with Crippen LogP contribution in [0.25, 0.3) is 0 Å². The SMILES string of the molecule is O=C(I)COCCOCCOCCOCCNI. The summed E-state index contributed by atoms with van der Waals surface area (Å²) in [7, 11) is 0. The van der Waals surface area contributed by atoms with Crippen LogP contribution in [0.2, 0.25) is 0 Å². The van der Waals surface area contributed by atoms with Crippen molar-refractivity contribution in [2.24, 2.45) is 0 Å². The molecule has 0 unspecified atom stereocenters. The van der Waals surface area contributed by atoms with Gasteiger partial charge < -0.3 is 18.9 Å². The Kier molecular flexibility index (Phi) is 16.8. The summed E-state index contributed by atoms with van der Waals surface area (Å²) >= 11 is 3.77. The Balaban J connectivity index is 2.92. The minimum Gasteiger partial charge on any atom is -0.378 e. The van der Waals surface area contributed by atoms with E-state index in [0.717, 1.165) is 6.54 Å². The van der Waals surface area contributed by atoms with Crippen molar-refractivity contribution in [2.75, 3.05) is 59.4 Å². The van der Waals surface area contributed by atoms with Crippen molar-refractivity contribution < 1.29 is 23.7 Å². The zero-order valence-corrected chi connectivity index (χ0v) is 14.5. The molecule has 0 saturated carbocycles. The average Bonchev–Trinajstić information content (AvgIpc) is 2.34. The Labute approximate surface area is 135 Å². The van der Waals surface area contributed by atoms with Crippen molar-refractivity contribution in [3.8, 4) is 0 Å². The first-order chi connectivity index (χ1) is 8.77. The molecule has 0 aliphatic heterocycles. The molecule has 0 saturated heterocycles. The Hall–Kier alpha value is 0.930. The quantitative estimate of drug-likeness (QED) is 0.171. The number of halogens is 2. The van der Waals surface area contributed by atoms with Gasteiger partial charge in [-0.1, -0.05) is 0 Å². The fraction of sp³-hybridized carbons (Fsp3) is 0.900. The van der Waals surface area contributed by atoms with Gasteiger partial charge in [-0.2, -0.15) is 0 Å². The van der Waals surface area contributed by atoms with Crippen LogP contribution >= 0.6 is 45.5 Å². The van der Waals surface area contributed by atoms with Crippen LogP contribution in [0.5, 0.6) is 0 Å². The van der Waals surface area contributed by atoms with Gasteiger partial charge in [0.25, 0.3) is 0 Å². The standard InChI is InChI=1S/C10H19I2NO5/c11-10(14)9-18-8-7-17-6-5-16-4-3-15-2-1-13-12/h13H,1-9H2. The molecule has 0 fully saturated rings. The topological polar surface area (TPSA) is 66.0 Å². The molecular formula is C10H19I2NO5. The molecule has 0 aromatic rings. The normalized spacial score (nSPS) is 10.8. The summed E-state index contributed by atoms with van der Waals surface area (Å²) in [4.78, 5) is 10.5. The van der Waals surface area contributed by atoms with E-state index >= 15 is 0 Å². The number of hydrogen-bond acceptors (Lipinski definition) is 6. The predicted molar refractivity (Wildman–Crippen MR) is 84.3 cm³/mol. The van der Waals surface area contributed by atoms with Crippen LogP contribution in [0.15, 0.2) is 0 Å². The molecule has 0 atom stereocenters. The second-order valence-electron chi connectivity index (χ2n) is 3.13. The lowest BCUT2D eigenvalue weighted by Gasteiger charge is -2.06. The molecule has 0 aromatic carbocycles. The van der Waals surface area contributed by atoms with Crippen molar-refractivity contribution in [2.45, 2.75) is 0 Å². The summed E-state index contributed by atoms with van der Waals surface area (Å²) < 4.78 is 23.8. The number of carbonyl (C=O) groups excluding carboxylic acids is 1. The zero-order valence-electron chi connectivity index (χ0n) is 10.2. The van der Waals surface area contributed by atoms with Crippen molar-refractivity contribution >= 4 is 49.2 Å². The second kappa shape index (κ2) is 16.0. The van der Waals surface area contributed by atoms with E-state index in [1.54, 1.807) is 22.6 Å². The van der Waals surface area contributed by atoms with E-state index in [4.69, 9.17) is 18.9 Å². The molecule has 8 heteroatoms. The van der Waals surface area contributed by atoms with Gasteiger partial charge in [0.05, 0.1) is 46.2 Å². The van der Waals surface area contributed by atoms with Crippen molar-refractivity contribution in [3.63, 3.8) is 0 Å². The van der Waals surface area contributed by atoms with E-state index in [-0.39, 0.29) is 10.4 Å². The lowest BCUT2D eigenvalue weighted by atomic mass is 10.7. The first kappa shape index (κ1) is 18.9. The third kappa shape index (κ3) is 16.9. The monoisotopic (exact) mass is 487 g/mol. The molecule has 108 valence electrons. The van der Waals surface area contributed by atoms with Crippen LogP contribution in [0.3, 0.4) is 0 Å². The lowest BCUT2D eigenvalue weighted by molar-refractivity contribution is -0.114. The minimum atomic E-state index is -0.00583. The highest BCUT2D eigenvalue weighted by Gasteiger charge is 1.95. The van der Waals surface area contributed by atoms with Crippen LogP contribution in [0.4, 0.5) is 0 Å². The molecule has 0 spiro atoms. The van der Waals surface area contributed by atoms with E-state index in [1.165, 1.54) is 0 Å². The first-order valence-corrected chi connectivity index (χ1v) is 7.76. The molecule has 0 amide bonds. The summed E-state index contributed by atoms with van der Waals surface area (Å²) in [5, 5.41) is 0. The maximum absolute atomic E-state index is 10.5. The summed E-state index contributed by atoms with van der Waals surface area (Å²) in [6.45, 7) is 4.81. The van der Waals surface area contributed by atoms with E-state index < -0.39 is 0 Å². The van der Waals surface area contributed by atoms with E-state index in [2.05, 4.69) is 26.4 Å². The average molecular weight is 487 g/mol. The van der Waals surface area contributed by atoms with Crippen LogP contribution in [-0.2, 0) is 23.7 Å². The predicted octanol–water partition coefficient (Wildman–Crippen LogP) is 0.954. The highest BCUT2D eigenvalue weighted by Crippen LogP contribution is 1.87. The lowest BCUT2D eigenvalue weighted by Crippen LogP contribution is -2.14. The van der Waals surface area contributed by atoms with Gasteiger partial charge in [0.15, 0.2) is 0 Å². The molecule has 1 N–H and O–H groups in total. The number of nitrogens with one attached hydrogen (secondary N) is 1. The van der Waals surface area contributed by atoms with Gasteiger partial charge in [0.1, 0.15) is 6.61 Å². The Morgan fingerprint density at radius 1 is 0.833 bits per heavy atom. The highest BCUT2D eigenvalue weighted by atomic mass is 127. The fourth-order valence-corrected chi connectivity index (χ4v) is 1.36. The van der Waals surface area contributed by atoms with E-state index in [9.17, 15) is 4.79 Å². The third-order valence-electron chi connectivity index (χ3n) is 1.67. The summed E-state index contributed by atoms with van der Waals surface area (Å²) in [5.74, 6) is 0. The van der Waals surface area contributed by atoms with Crippen molar-refractivity contribution in [1.82, 2.24) is 3.53 Å². The highest BCUT2D eigenvalue weighted by molar-refractivity contribution is 14.1. The zero-order chi connectivity index (χ0) is 13.5. The molecule has 18 heavy (non-hydrogen) atoms. The number of rotatable bonds is 14. The van der Waals surface area contributed by atoms with Gasteiger partial charge in [0.2, 0.25) is 3.79 Å². The van der Waals surface area contributed by atoms with Crippen molar-refractivity contribution in [3.05, 3.63) is 0 Å². The van der Waals surface area contributed by atoms with Crippen molar-refractivity contribution in [1.29, 1.82) is 0 Å². The van der Waals surface area contributed by atoms with Gasteiger partial charge in [0, 0.05) is 52.0 Å². The molecule has 0 aliphatic rings. The van der Waals surface area contributed by atoms with Crippen LogP contribution in [0, 0.1) is 0 Å². The van der Waals surface area contributed by atoms with Gasteiger partial charge in [-0.25, -0.2) is 0 Å². The second-order valence-corrected chi connectivity index (χ2v) is 5.09. The van der Waals surface area contributed by atoms with Gasteiger partial charge >= 0.3 is 0 Å². The number of ether oxygens (including phenoxy) is 4. The van der Waals surface area contributed by atoms with Crippen LogP contribution < -0.4 is 3.53 Å². The smallest absolute Gasteiger partial charge is 0.217 e. The summed E-state index contributed by atoms with van der Waals surface area (Å²) in [5.41, 5.74) is 0. The molecule has 0 aliphatic carbocycles.